The smallest absolute Gasteiger partial charge is 0.151 e. The van der Waals surface area contributed by atoms with E-state index in [2.05, 4.69) is 4.98 Å². The minimum absolute atomic E-state index is 0.250. The number of aliphatic hydroxyl groups is 1. The number of imidazole rings is 1. The van der Waals surface area contributed by atoms with E-state index in [4.69, 9.17) is 0 Å². The molecule has 1 atom stereocenters. The highest BCUT2D eigenvalue weighted by atomic mass is 16.3. The van der Waals surface area contributed by atoms with E-state index < -0.39 is 5.60 Å². The molecule has 0 fully saturated rings. The van der Waals surface area contributed by atoms with E-state index in [-0.39, 0.29) is 6.42 Å². The van der Waals surface area contributed by atoms with Crippen LogP contribution >= 0.6 is 0 Å². The van der Waals surface area contributed by atoms with Crippen molar-refractivity contribution in [2.24, 2.45) is 7.05 Å². The van der Waals surface area contributed by atoms with E-state index >= 15 is 0 Å². The predicted octanol–water partition coefficient (Wildman–Crippen LogP) is -0.0875. The lowest BCUT2D eigenvalue weighted by Gasteiger charge is -2.14. The minimum Gasteiger partial charge on any atom is -0.382 e. The van der Waals surface area contributed by atoms with Crippen LogP contribution < -0.4 is 0 Å². The van der Waals surface area contributed by atoms with Crippen molar-refractivity contribution >= 4 is 6.29 Å². The predicted molar refractivity (Wildman–Crippen MR) is 43.6 cm³/mol. The normalized spacial score (nSPS) is 15.6. The van der Waals surface area contributed by atoms with Gasteiger partial charge in [-0.05, 0) is 6.92 Å². The Morgan fingerprint density at radius 3 is 2.92 bits per heavy atom. The molecule has 1 N–H and O–H groups in total. The number of aromatic nitrogens is 2. The van der Waals surface area contributed by atoms with Crippen LogP contribution in [-0.4, -0.2) is 26.5 Å². The van der Waals surface area contributed by atoms with E-state index in [1.54, 1.807) is 17.0 Å². The van der Waals surface area contributed by atoms with Crippen molar-refractivity contribution < 1.29 is 9.90 Å². The number of nitrogens with zero attached hydrogens (tertiary/aromatic N) is 2. The number of hydrogen-bond donors (Lipinski definition) is 1. The fourth-order valence-corrected chi connectivity index (χ4v) is 0.929. The van der Waals surface area contributed by atoms with Crippen LogP contribution in [0.4, 0.5) is 0 Å². The molecule has 0 aliphatic carbocycles. The maximum Gasteiger partial charge on any atom is 0.151 e. The van der Waals surface area contributed by atoms with Crippen molar-refractivity contribution in [2.45, 2.75) is 18.9 Å². The van der Waals surface area contributed by atoms with Crippen molar-refractivity contribution in [3.05, 3.63) is 18.2 Å². The maximum absolute atomic E-state index is 10.4. The third kappa shape index (κ3) is 1.92. The highest BCUT2D eigenvalue weighted by Crippen LogP contribution is 2.07. The van der Waals surface area contributed by atoms with Gasteiger partial charge in [-0.2, -0.15) is 0 Å². The Balaban J connectivity index is 2.76. The van der Waals surface area contributed by atoms with Gasteiger partial charge in [0.05, 0.1) is 0 Å². The van der Waals surface area contributed by atoms with Gasteiger partial charge in [0.15, 0.2) is 6.29 Å². The van der Waals surface area contributed by atoms with Crippen LogP contribution in [-0.2, 0) is 18.3 Å². The highest BCUT2D eigenvalue weighted by Gasteiger charge is 2.21. The molecule has 1 heterocycles. The Labute approximate surface area is 70.9 Å². The summed E-state index contributed by atoms with van der Waals surface area (Å²) in [5.74, 6) is 0.701. The summed E-state index contributed by atoms with van der Waals surface area (Å²) >= 11 is 0. The minimum atomic E-state index is -1.31. The van der Waals surface area contributed by atoms with E-state index in [0.717, 1.165) is 0 Å². The molecule has 4 nitrogen and oxygen atoms in total. The number of rotatable bonds is 3. The summed E-state index contributed by atoms with van der Waals surface area (Å²) in [6, 6.07) is 0. The van der Waals surface area contributed by atoms with Gasteiger partial charge in [0.1, 0.15) is 11.4 Å². The Kier molecular flexibility index (Phi) is 2.28. The Morgan fingerprint density at radius 2 is 2.50 bits per heavy atom. The lowest BCUT2D eigenvalue weighted by molar-refractivity contribution is -0.122. The monoisotopic (exact) mass is 168 g/mol. The van der Waals surface area contributed by atoms with Crippen molar-refractivity contribution in [2.75, 3.05) is 0 Å². The van der Waals surface area contributed by atoms with E-state index in [0.29, 0.717) is 12.1 Å². The van der Waals surface area contributed by atoms with Gasteiger partial charge in [-0.1, -0.05) is 0 Å². The molecule has 0 radical (unpaired) electrons. The van der Waals surface area contributed by atoms with Gasteiger partial charge < -0.3 is 14.5 Å². The summed E-state index contributed by atoms with van der Waals surface area (Å²) in [6.45, 7) is 1.47. The summed E-state index contributed by atoms with van der Waals surface area (Å²) in [6.07, 6.45) is 4.19. The summed E-state index contributed by atoms with van der Waals surface area (Å²) in [5, 5.41) is 9.40. The molecule has 0 aliphatic heterocycles. The number of aldehydes is 1. The maximum atomic E-state index is 10.4. The molecule has 66 valence electrons. The number of carbonyl (C=O) groups is 1. The van der Waals surface area contributed by atoms with E-state index in [9.17, 15) is 9.90 Å². The van der Waals surface area contributed by atoms with Crippen LogP contribution in [0.5, 0.6) is 0 Å². The second kappa shape index (κ2) is 3.06. The molecule has 1 unspecified atom stereocenters. The van der Waals surface area contributed by atoms with Crippen molar-refractivity contribution in [3.63, 3.8) is 0 Å². The number of carbonyl (C=O) groups excluding carboxylic acids is 1. The second-order valence-electron chi connectivity index (χ2n) is 3.11. The molecule has 4 heteroatoms. The third-order valence-electron chi connectivity index (χ3n) is 1.69. The molecule has 12 heavy (non-hydrogen) atoms. The molecule has 1 aromatic heterocycles. The van der Waals surface area contributed by atoms with Crippen LogP contribution in [0.25, 0.3) is 0 Å². The first-order valence-corrected chi connectivity index (χ1v) is 3.70. The Bertz CT molecular complexity index is 278. The first-order chi connectivity index (χ1) is 5.55. The van der Waals surface area contributed by atoms with Crippen molar-refractivity contribution in [1.29, 1.82) is 0 Å². The molecule has 0 amide bonds. The van der Waals surface area contributed by atoms with Crippen LogP contribution in [0.15, 0.2) is 12.4 Å². The quantitative estimate of drug-likeness (QED) is 0.642. The molecular formula is C8H12N2O2. The largest absolute Gasteiger partial charge is 0.382 e. The molecule has 1 rings (SSSR count). The average Bonchev–Trinajstić information content (AvgIpc) is 2.36. The first-order valence-electron chi connectivity index (χ1n) is 3.70. The fraction of sp³-hybridized carbons (Fsp3) is 0.500. The highest BCUT2D eigenvalue weighted by molar-refractivity contribution is 5.61. The fourth-order valence-electron chi connectivity index (χ4n) is 0.929. The molecular weight excluding hydrogens is 156 g/mol. The van der Waals surface area contributed by atoms with E-state index in [1.807, 2.05) is 7.05 Å². The molecule has 0 saturated heterocycles. The lowest BCUT2D eigenvalue weighted by atomic mass is 10.0. The van der Waals surface area contributed by atoms with Gasteiger partial charge in [0, 0.05) is 25.9 Å². The zero-order chi connectivity index (χ0) is 9.19. The van der Waals surface area contributed by atoms with Gasteiger partial charge in [-0.25, -0.2) is 4.98 Å². The zero-order valence-corrected chi connectivity index (χ0v) is 7.19. The number of aryl methyl sites for hydroxylation is 1. The molecule has 0 spiro atoms. The number of hydrogen-bond acceptors (Lipinski definition) is 3. The zero-order valence-electron chi connectivity index (χ0n) is 7.19. The van der Waals surface area contributed by atoms with Crippen LogP contribution in [0, 0.1) is 0 Å². The Morgan fingerprint density at radius 1 is 1.83 bits per heavy atom. The average molecular weight is 168 g/mol. The molecule has 1 aromatic rings. The van der Waals surface area contributed by atoms with Crippen molar-refractivity contribution in [1.82, 2.24) is 9.55 Å². The van der Waals surface area contributed by atoms with E-state index in [1.165, 1.54) is 6.92 Å². The van der Waals surface area contributed by atoms with Crippen molar-refractivity contribution in [3.8, 4) is 0 Å². The molecule has 0 bridgehead atoms. The van der Waals surface area contributed by atoms with Crippen LogP contribution in [0.1, 0.15) is 12.7 Å². The summed E-state index contributed by atoms with van der Waals surface area (Å²) in [5.41, 5.74) is -1.31. The van der Waals surface area contributed by atoms with Gasteiger partial charge in [-0.15, -0.1) is 0 Å². The lowest BCUT2D eigenvalue weighted by Crippen LogP contribution is -2.30. The first kappa shape index (κ1) is 8.93. The van der Waals surface area contributed by atoms with Crippen LogP contribution in [0.3, 0.4) is 0 Å². The summed E-state index contributed by atoms with van der Waals surface area (Å²) in [7, 11) is 1.82. The summed E-state index contributed by atoms with van der Waals surface area (Å²) in [4.78, 5) is 14.4. The third-order valence-corrected chi connectivity index (χ3v) is 1.69. The van der Waals surface area contributed by atoms with Gasteiger partial charge in [-0.3, -0.25) is 0 Å². The Hall–Kier alpha value is -1.16. The molecule has 0 aromatic carbocycles. The van der Waals surface area contributed by atoms with Gasteiger partial charge >= 0.3 is 0 Å². The second-order valence-corrected chi connectivity index (χ2v) is 3.11. The van der Waals surface area contributed by atoms with Gasteiger partial charge in [0.25, 0.3) is 0 Å². The SMILES string of the molecule is Cn1ccnc1CC(C)(O)C=O. The van der Waals surface area contributed by atoms with Gasteiger partial charge in [0.2, 0.25) is 0 Å². The van der Waals surface area contributed by atoms with Crippen LogP contribution in [0.2, 0.25) is 0 Å². The topological polar surface area (TPSA) is 55.1 Å². The summed E-state index contributed by atoms with van der Waals surface area (Å²) < 4.78 is 1.78. The molecule has 0 aliphatic rings. The standard InChI is InChI=1S/C8H12N2O2/c1-8(12,6-11)5-7-9-3-4-10(7)2/h3-4,6,12H,5H2,1-2H3. The molecule has 0 saturated carbocycles.